The second-order valence-electron chi connectivity index (χ2n) is 4.20. The first kappa shape index (κ1) is 12.2. The minimum atomic E-state index is -0.454. The van der Waals surface area contributed by atoms with Gasteiger partial charge in [-0.3, -0.25) is 0 Å². The molecule has 2 heterocycles. The molecule has 0 N–H and O–H groups in total. The van der Waals surface area contributed by atoms with Gasteiger partial charge in [-0.15, -0.1) is 0 Å². The van der Waals surface area contributed by atoms with E-state index in [1.165, 1.54) is 19.6 Å². The van der Waals surface area contributed by atoms with Crippen LogP contribution in [0.4, 0.5) is 0 Å². The van der Waals surface area contributed by atoms with E-state index >= 15 is 0 Å². The molecule has 0 amide bonds. The lowest BCUT2D eigenvalue weighted by molar-refractivity contribution is 0.0601. The number of esters is 1. The van der Waals surface area contributed by atoms with Gasteiger partial charge in [0.25, 0.3) is 0 Å². The van der Waals surface area contributed by atoms with Crippen LogP contribution in [0.25, 0.3) is 22.1 Å². The molecule has 2 aromatic heterocycles. The number of ether oxygens (including phenoxy) is 1. The number of rotatable bonds is 2. The Morgan fingerprint density at radius 3 is 2.75 bits per heavy atom. The van der Waals surface area contributed by atoms with Crippen LogP contribution in [0.2, 0.25) is 0 Å². The Hall–Kier alpha value is -2.82. The largest absolute Gasteiger partial charge is 0.472 e. The molecule has 0 bridgehead atoms. The lowest BCUT2D eigenvalue weighted by Gasteiger charge is -2.03. The SMILES string of the molecule is COC(=O)c1ccc2oc(=O)c(-c3ccoc3)cc2c1. The second kappa shape index (κ2) is 4.70. The van der Waals surface area contributed by atoms with Crippen molar-refractivity contribution in [1.82, 2.24) is 0 Å². The smallest absolute Gasteiger partial charge is 0.344 e. The van der Waals surface area contributed by atoms with Crippen molar-refractivity contribution in [1.29, 1.82) is 0 Å². The van der Waals surface area contributed by atoms with Gasteiger partial charge in [0, 0.05) is 10.9 Å². The Morgan fingerprint density at radius 2 is 2.05 bits per heavy atom. The molecular formula is C15H10O5. The summed E-state index contributed by atoms with van der Waals surface area (Å²) in [6.07, 6.45) is 2.94. The van der Waals surface area contributed by atoms with Gasteiger partial charge in [0.2, 0.25) is 0 Å². The van der Waals surface area contributed by atoms with Gasteiger partial charge >= 0.3 is 11.6 Å². The fourth-order valence-corrected chi connectivity index (χ4v) is 1.99. The molecule has 5 nitrogen and oxygen atoms in total. The number of methoxy groups -OCH3 is 1. The van der Waals surface area contributed by atoms with E-state index < -0.39 is 11.6 Å². The van der Waals surface area contributed by atoms with E-state index in [2.05, 4.69) is 4.74 Å². The first-order valence-electron chi connectivity index (χ1n) is 5.88. The Kier molecular flexibility index (Phi) is 2.87. The van der Waals surface area contributed by atoms with Crippen molar-refractivity contribution in [3.05, 3.63) is 58.8 Å². The molecule has 0 atom stereocenters. The summed E-state index contributed by atoms with van der Waals surface area (Å²) in [4.78, 5) is 23.4. The van der Waals surface area contributed by atoms with Crippen LogP contribution in [-0.4, -0.2) is 13.1 Å². The molecule has 5 heteroatoms. The van der Waals surface area contributed by atoms with Gasteiger partial charge in [-0.05, 0) is 30.3 Å². The number of hydrogen-bond acceptors (Lipinski definition) is 5. The molecule has 0 aliphatic carbocycles. The molecule has 0 radical (unpaired) electrons. The first-order chi connectivity index (χ1) is 9.69. The van der Waals surface area contributed by atoms with Crippen molar-refractivity contribution >= 4 is 16.9 Å². The topological polar surface area (TPSA) is 69.7 Å². The monoisotopic (exact) mass is 270 g/mol. The van der Waals surface area contributed by atoms with Crippen LogP contribution in [-0.2, 0) is 4.74 Å². The molecule has 0 aliphatic rings. The normalized spacial score (nSPS) is 10.7. The third-order valence-electron chi connectivity index (χ3n) is 2.99. The summed E-state index contributed by atoms with van der Waals surface area (Å²) in [7, 11) is 1.31. The van der Waals surface area contributed by atoms with E-state index in [1.54, 1.807) is 30.3 Å². The van der Waals surface area contributed by atoms with Gasteiger partial charge in [0.05, 0.1) is 30.8 Å². The van der Waals surface area contributed by atoms with Gasteiger partial charge in [0.15, 0.2) is 0 Å². The van der Waals surface area contributed by atoms with Crippen molar-refractivity contribution in [2.75, 3.05) is 7.11 Å². The fraction of sp³-hybridized carbons (Fsp3) is 0.0667. The fourth-order valence-electron chi connectivity index (χ4n) is 1.99. The predicted molar refractivity (Wildman–Crippen MR) is 71.5 cm³/mol. The van der Waals surface area contributed by atoms with Crippen LogP contribution in [0.5, 0.6) is 0 Å². The van der Waals surface area contributed by atoms with Crippen molar-refractivity contribution < 1.29 is 18.4 Å². The maximum Gasteiger partial charge on any atom is 0.344 e. The summed E-state index contributed by atoms with van der Waals surface area (Å²) in [5, 5.41) is 0.642. The van der Waals surface area contributed by atoms with Gasteiger partial charge in [0.1, 0.15) is 5.58 Å². The molecular weight excluding hydrogens is 260 g/mol. The Balaban J connectivity index is 2.22. The maximum absolute atomic E-state index is 11.9. The van der Waals surface area contributed by atoms with Gasteiger partial charge in [-0.2, -0.15) is 0 Å². The summed E-state index contributed by atoms with van der Waals surface area (Å²) in [5.74, 6) is -0.442. The molecule has 0 saturated carbocycles. The van der Waals surface area contributed by atoms with E-state index in [9.17, 15) is 9.59 Å². The third-order valence-corrected chi connectivity index (χ3v) is 2.99. The summed E-state index contributed by atoms with van der Waals surface area (Å²) >= 11 is 0. The summed E-state index contributed by atoms with van der Waals surface area (Å²) < 4.78 is 14.9. The van der Waals surface area contributed by atoms with Crippen LogP contribution in [0, 0.1) is 0 Å². The standard InChI is InChI=1S/C15H10O5/c1-18-14(16)9-2-3-13-11(6-9)7-12(15(17)20-13)10-4-5-19-8-10/h2-8H,1H3. The number of furan rings is 1. The zero-order chi connectivity index (χ0) is 14.1. The molecule has 0 aliphatic heterocycles. The highest BCUT2D eigenvalue weighted by Gasteiger charge is 2.11. The van der Waals surface area contributed by atoms with E-state index in [0.29, 0.717) is 27.7 Å². The highest BCUT2D eigenvalue weighted by molar-refractivity contribution is 5.94. The number of hydrogen-bond donors (Lipinski definition) is 0. The second-order valence-corrected chi connectivity index (χ2v) is 4.20. The lowest BCUT2D eigenvalue weighted by atomic mass is 10.1. The van der Waals surface area contributed by atoms with Crippen LogP contribution < -0.4 is 5.63 Å². The average Bonchev–Trinajstić information content (AvgIpc) is 2.99. The Labute approximate surface area is 113 Å². The number of carbonyl (C=O) groups is 1. The first-order valence-corrected chi connectivity index (χ1v) is 5.88. The van der Waals surface area contributed by atoms with Crippen molar-refractivity contribution in [2.45, 2.75) is 0 Å². The molecule has 20 heavy (non-hydrogen) atoms. The van der Waals surface area contributed by atoms with Crippen LogP contribution in [0.3, 0.4) is 0 Å². The molecule has 1 aromatic carbocycles. The minimum Gasteiger partial charge on any atom is -0.472 e. The molecule has 0 unspecified atom stereocenters. The van der Waals surface area contributed by atoms with Crippen LogP contribution >= 0.6 is 0 Å². The lowest BCUT2D eigenvalue weighted by Crippen LogP contribution is -2.04. The number of fused-ring (bicyclic) bond motifs is 1. The van der Waals surface area contributed by atoms with Crippen molar-refractivity contribution in [2.24, 2.45) is 0 Å². The van der Waals surface area contributed by atoms with E-state index in [-0.39, 0.29) is 0 Å². The molecule has 0 saturated heterocycles. The van der Waals surface area contributed by atoms with E-state index in [1.807, 2.05) is 0 Å². The Morgan fingerprint density at radius 1 is 1.20 bits per heavy atom. The summed E-state index contributed by atoms with van der Waals surface area (Å²) in [6, 6.07) is 8.07. The maximum atomic E-state index is 11.9. The molecule has 0 spiro atoms. The highest BCUT2D eigenvalue weighted by atomic mass is 16.5. The third kappa shape index (κ3) is 1.99. The van der Waals surface area contributed by atoms with Gasteiger partial charge in [-0.25, -0.2) is 9.59 Å². The number of carbonyl (C=O) groups excluding carboxylic acids is 1. The van der Waals surface area contributed by atoms with Gasteiger partial charge < -0.3 is 13.6 Å². The number of benzene rings is 1. The van der Waals surface area contributed by atoms with Crippen molar-refractivity contribution in [3.8, 4) is 11.1 Å². The quantitative estimate of drug-likeness (QED) is 0.529. The van der Waals surface area contributed by atoms with Crippen molar-refractivity contribution in [3.63, 3.8) is 0 Å². The average molecular weight is 270 g/mol. The minimum absolute atomic E-state index is 0.383. The van der Waals surface area contributed by atoms with Crippen LogP contribution in [0.15, 0.2) is 56.5 Å². The molecule has 0 fully saturated rings. The van der Waals surface area contributed by atoms with E-state index in [4.69, 9.17) is 8.83 Å². The highest BCUT2D eigenvalue weighted by Crippen LogP contribution is 2.22. The zero-order valence-electron chi connectivity index (χ0n) is 10.6. The van der Waals surface area contributed by atoms with Gasteiger partial charge in [-0.1, -0.05) is 0 Å². The summed E-state index contributed by atoms with van der Waals surface area (Å²) in [6.45, 7) is 0. The summed E-state index contributed by atoms with van der Waals surface area (Å²) in [5.41, 5.74) is 1.36. The Bertz CT molecular complexity index is 827. The molecule has 100 valence electrons. The molecule has 3 aromatic rings. The zero-order valence-corrected chi connectivity index (χ0v) is 10.6. The molecule has 3 rings (SSSR count). The van der Waals surface area contributed by atoms with E-state index in [0.717, 1.165) is 0 Å². The predicted octanol–water partition coefficient (Wildman–Crippen LogP) is 2.84. The van der Waals surface area contributed by atoms with Crippen LogP contribution in [0.1, 0.15) is 10.4 Å².